The third-order valence-corrected chi connectivity index (χ3v) is 4.22. The van der Waals surface area contributed by atoms with E-state index in [9.17, 15) is 0 Å². The van der Waals surface area contributed by atoms with Crippen molar-refractivity contribution in [2.75, 3.05) is 42.9 Å². The highest BCUT2D eigenvalue weighted by molar-refractivity contribution is 5.70. The van der Waals surface area contributed by atoms with Crippen LogP contribution in [0.25, 0.3) is 0 Å². The highest BCUT2D eigenvalue weighted by atomic mass is 15.2. The molecule has 2 fully saturated rings. The molecule has 2 aliphatic heterocycles. The minimum absolute atomic E-state index is 0.581. The summed E-state index contributed by atoms with van der Waals surface area (Å²) in [7, 11) is 0. The first-order valence-electron chi connectivity index (χ1n) is 6.97. The summed E-state index contributed by atoms with van der Waals surface area (Å²) in [5.74, 6) is 0. The maximum absolute atomic E-state index is 4.21. The van der Waals surface area contributed by atoms with E-state index in [1.165, 1.54) is 50.4 Å². The molecular formula is C14H22N4. The van der Waals surface area contributed by atoms with Crippen LogP contribution in [0, 0.1) is 5.41 Å². The molecule has 4 heteroatoms. The number of pyridine rings is 1. The molecule has 1 aromatic rings. The molecule has 0 amide bonds. The summed E-state index contributed by atoms with van der Waals surface area (Å²) >= 11 is 0. The largest absolute Gasteiger partial charge is 0.382 e. The van der Waals surface area contributed by atoms with Gasteiger partial charge in [0.05, 0.1) is 17.6 Å². The van der Waals surface area contributed by atoms with Crippen molar-refractivity contribution < 1.29 is 0 Å². The van der Waals surface area contributed by atoms with Crippen molar-refractivity contribution in [2.45, 2.75) is 19.8 Å². The van der Waals surface area contributed by atoms with Crippen LogP contribution in [0.1, 0.15) is 19.8 Å². The summed E-state index contributed by atoms with van der Waals surface area (Å²) in [4.78, 5) is 6.70. The fourth-order valence-corrected chi connectivity index (χ4v) is 3.20. The molecule has 2 N–H and O–H groups in total. The van der Waals surface area contributed by atoms with E-state index in [0.717, 1.165) is 6.54 Å². The predicted molar refractivity (Wildman–Crippen MR) is 75.2 cm³/mol. The molecule has 2 aliphatic rings. The van der Waals surface area contributed by atoms with Crippen LogP contribution >= 0.6 is 0 Å². The SMILES string of the molecule is CCNc1cnccc1N1CC2(CCNCC2)C1. The number of anilines is 2. The van der Waals surface area contributed by atoms with Gasteiger partial charge in [-0.3, -0.25) is 4.98 Å². The first-order chi connectivity index (χ1) is 8.83. The fourth-order valence-electron chi connectivity index (χ4n) is 3.20. The molecule has 0 bridgehead atoms. The lowest BCUT2D eigenvalue weighted by atomic mass is 9.72. The number of hydrogen-bond acceptors (Lipinski definition) is 4. The van der Waals surface area contributed by atoms with Crippen LogP contribution in [-0.2, 0) is 0 Å². The van der Waals surface area contributed by atoms with E-state index in [1.54, 1.807) is 0 Å². The van der Waals surface area contributed by atoms with E-state index >= 15 is 0 Å². The molecule has 0 radical (unpaired) electrons. The summed E-state index contributed by atoms with van der Waals surface area (Å²) < 4.78 is 0. The van der Waals surface area contributed by atoms with Crippen molar-refractivity contribution >= 4 is 11.4 Å². The molecule has 2 saturated heterocycles. The summed E-state index contributed by atoms with van der Waals surface area (Å²) in [6, 6.07) is 2.13. The number of rotatable bonds is 3. The smallest absolute Gasteiger partial charge is 0.0764 e. The Balaban J connectivity index is 1.70. The Morgan fingerprint density at radius 2 is 2.17 bits per heavy atom. The standard InChI is InChI=1S/C14H22N4/c1-2-17-12-9-16-6-3-13(12)18-10-14(11-18)4-7-15-8-5-14/h3,6,9,15,17H,2,4-5,7-8,10-11H2,1H3. The molecule has 1 aromatic heterocycles. The van der Waals surface area contributed by atoms with E-state index in [0.29, 0.717) is 5.41 Å². The molecule has 3 rings (SSSR count). The third kappa shape index (κ3) is 2.05. The second-order valence-electron chi connectivity index (χ2n) is 5.53. The van der Waals surface area contributed by atoms with Gasteiger partial charge in [-0.2, -0.15) is 0 Å². The second-order valence-corrected chi connectivity index (χ2v) is 5.53. The fraction of sp³-hybridized carbons (Fsp3) is 0.643. The third-order valence-electron chi connectivity index (χ3n) is 4.22. The highest BCUT2D eigenvalue weighted by Gasteiger charge is 2.43. The maximum atomic E-state index is 4.21. The van der Waals surface area contributed by atoms with Crippen LogP contribution < -0.4 is 15.5 Å². The molecule has 0 atom stereocenters. The summed E-state index contributed by atoms with van der Waals surface area (Å²) in [5, 5.41) is 6.85. The first kappa shape index (κ1) is 11.8. The molecule has 98 valence electrons. The van der Waals surface area contributed by atoms with Gasteiger partial charge in [0, 0.05) is 31.2 Å². The molecule has 4 nitrogen and oxygen atoms in total. The van der Waals surface area contributed by atoms with Crippen molar-refractivity contribution in [3.05, 3.63) is 18.5 Å². The average molecular weight is 246 g/mol. The minimum atomic E-state index is 0.581. The monoisotopic (exact) mass is 246 g/mol. The zero-order valence-electron chi connectivity index (χ0n) is 11.1. The van der Waals surface area contributed by atoms with Crippen molar-refractivity contribution in [2.24, 2.45) is 5.41 Å². The highest BCUT2D eigenvalue weighted by Crippen LogP contribution is 2.42. The van der Waals surface area contributed by atoms with Crippen LogP contribution in [0.15, 0.2) is 18.5 Å². The lowest BCUT2D eigenvalue weighted by Crippen LogP contribution is -2.60. The summed E-state index contributed by atoms with van der Waals surface area (Å²) in [6.07, 6.45) is 6.48. The van der Waals surface area contributed by atoms with Gasteiger partial charge in [0.15, 0.2) is 0 Å². The van der Waals surface area contributed by atoms with Gasteiger partial charge in [0.2, 0.25) is 0 Å². The van der Waals surface area contributed by atoms with Gasteiger partial charge in [-0.15, -0.1) is 0 Å². The van der Waals surface area contributed by atoms with Gasteiger partial charge in [-0.05, 0) is 38.9 Å². The van der Waals surface area contributed by atoms with Crippen LogP contribution in [0.4, 0.5) is 11.4 Å². The zero-order chi connectivity index (χ0) is 12.4. The van der Waals surface area contributed by atoms with Gasteiger partial charge >= 0.3 is 0 Å². The second kappa shape index (κ2) is 4.76. The number of aromatic nitrogens is 1. The Hall–Kier alpha value is -1.29. The van der Waals surface area contributed by atoms with Crippen LogP contribution in [0.2, 0.25) is 0 Å². The van der Waals surface area contributed by atoms with Crippen LogP contribution in [0.3, 0.4) is 0 Å². The molecule has 0 unspecified atom stereocenters. The van der Waals surface area contributed by atoms with Crippen molar-refractivity contribution in [1.82, 2.24) is 10.3 Å². The van der Waals surface area contributed by atoms with Gasteiger partial charge in [-0.25, -0.2) is 0 Å². The number of nitrogens with one attached hydrogen (secondary N) is 2. The van der Waals surface area contributed by atoms with E-state index in [4.69, 9.17) is 0 Å². The predicted octanol–water partition coefficient (Wildman–Crippen LogP) is 1.70. The Morgan fingerprint density at radius 3 is 2.89 bits per heavy atom. The minimum Gasteiger partial charge on any atom is -0.382 e. The average Bonchev–Trinajstić information content (AvgIpc) is 2.38. The van der Waals surface area contributed by atoms with Gasteiger partial charge in [0.1, 0.15) is 0 Å². The number of nitrogens with zero attached hydrogens (tertiary/aromatic N) is 2. The van der Waals surface area contributed by atoms with Crippen molar-refractivity contribution in [3.8, 4) is 0 Å². The summed E-state index contributed by atoms with van der Waals surface area (Å²) in [5.41, 5.74) is 3.07. The molecule has 0 aromatic carbocycles. The van der Waals surface area contributed by atoms with E-state index in [-0.39, 0.29) is 0 Å². The van der Waals surface area contributed by atoms with Crippen molar-refractivity contribution in [1.29, 1.82) is 0 Å². The van der Waals surface area contributed by atoms with E-state index in [2.05, 4.69) is 33.5 Å². The van der Waals surface area contributed by atoms with Crippen LogP contribution in [-0.4, -0.2) is 37.7 Å². The number of piperidine rings is 1. The normalized spacial score (nSPS) is 21.7. The maximum Gasteiger partial charge on any atom is 0.0764 e. The van der Waals surface area contributed by atoms with E-state index < -0.39 is 0 Å². The van der Waals surface area contributed by atoms with E-state index in [1.807, 2.05) is 12.4 Å². The molecule has 0 aliphatic carbocycles. The van der Waals surface area contributed by atoms with Crippen LogP contribution in [0.5, 0.6) is 0 Å². The first-order valence-corrected chi connectivity index (χ1v) is 6.97. The lowest BCUT2D eigenvalue weighted by Gasteiger charge is -2.54. The molecule has 0 saturated carbocycles. The molecule has 1 spiro atoms. The topological polar surface area (TPSA) is 40.2 Å². The van der Waals surface area contributed by atoms with Gasteiger partial charge in [-0.1, -0.05) is 0 Å². The Labute approximate surface area is 109 Å². The Morgan fingerprint density at radius 1 is 1.39 bits per heavy atom. The van der Waals surface area contributed by atoms with Crippen molar-refractivity contribution in [3.63, 3.8) is 0 Å². The Kier molecular flexibility index (Phi) is 3.12. The van der Waals surface area contributed by atoms with Gasteiger partial charge < -0.3 is 15.5 Å². The Bertz CT molecular complexity index is 404. The molecule has 3 heterocycles. The van der Waals surface area contributed by atoms with Gasteiger partial charge in [0.25, 0.3) is 0 Å². The summed E-state index contributed by atoms with van der Waals surface area (Å²) in [6.45, 7) is 7.85. The molecular weight excluding hydrogens is 224 g/mol. The molecule has 18 heavy (non-hydrogen) atoms. The quantitative estimate of drug-likeness (QED) is 0.851. The number of hydrogen-bond donors (Lipinski definition) is 2. The zero-order valence-corrected chi connectivity index (χ0v) is 11.1. The lowest BCUT2D eigenvalue weighted by molar-refractivity contribution is 0.150.